The molecule has 0 aliphatic heterocycles. The summed E-state index contributed by atoms with van der Waals surface area (Å²) < 4.78 is 0. The number of hydrogen-bond donors (Lipinski definition) is 6. The normalized spacial score (nSPS) is 16.4. The Labute approximate surface area is 196 Å². The van der Waals surface area contributed by atoms with Gasteiger partial charge in [0.05, 0.1) is 0 Å². The number of aromatic hydroxyl groups is 1. The van der Waals surface area contributed by atoms with E-state index in [1.54, 1.807) is 72.8 Å². The van der Waals surface area contributed by atoms with Crippen LogP contribution in [0, 0.1) is 0 Å². The van der Waals surface area contributed by atoms with Gasteiger partial charge >= 0.3 is 0 Å². The molecule has 8 nitrogen and oxygen atoms in total. The Bertz CT molecular complexity index is 1220. The van der Waals surface area contributed by atoms with Crippen molar-refractivity contribution in [3.05, 3.63) is 108 Å². The summed E-state index contributed by atoms with van der Waals surface area (Å²) in [5.41, 5.74) is 12.7. The Morgan fingerprint density at radius 3 is 1.82 bits per heavy atom. The van der Waals surface area contributed by atoms with Gasteiger partial charge in [0.1, 0.15) is 11.9 Å². The standard InChI is InChI=1S/C26H24N4O4/c27-20-8-4-16(5-9-20)24(33)29-26(30-25(34)17-6-10-21(28)11-7-17)13-12-19(15-23(26)32)18-2-1-3-22(31)14-18/h1-15,23,31-32H,27-28H2,(H,29,33)(H,30,34). The molecule has 1 aliphatic carbocycles. The third kappa shape index (κ3) is 4.77. The first kappa shape index (κ1) is 22.6. The van der Waals surface area contributed by atoms with Crippen molar-refractivity contribution in [3.8, 4) is 5.75 Å². The van der Waals surface area contributed by atoms with E-state index in [-0.39, 0.29) is 5.75 Å². The molecule has 3 aromatic rings. The second-order valence-corrected chi connectivity index (χ2v) is 7.97. The molecule has 0 saturated carbocycles. The lowest BCUT2D eigenvalue weighted by atomic mass is 9.89. The van der Waals surface area contributed by atoms with Crippen LogP contribution >= 0.6 is 0 Å². The molecule has 1 unspecified atom stereocenters. The number of nitrogens with one attached hydrogen (secondary N) is 2. The van der Waals surface area contributed by atoms with Gasteiger partial charge in [-0.3, -0.25) is 9.59 Å². The molecular formula is C26H24N4O4. The summed E-state index contributed by atoms with van der Waals surface area (Å²) in [5.74, 6) is -0.961. The van der Waals surface area contributed by atoms with Crippen molar-refractivity contribution in [1.29, 1.82) is 0 Å². The van der Waals surface area contributed by atoms with Crippen molar-refractivity contribution in [3.63, 3.8) is 0 Å². The first-order valence-electron chi connectivity index (χ1n) is 10.5. The van der Waals surface area contributed by atoms with Gasteiger partial charge in [0, 0.05) is 22.5 Å². The van der Waals surface area contributed by atoms with Gasteiger partial charge < -0.3 is 32.3 Å². The molecule has 0 spiro atoms. The van der Waals surface area contributed by atoms with E-state index < -0.39 is 23.6 Å². The van der Waals surface area contributed by atoms with E-state index in [9.17, 15) is 19.8 Å². The lowest BCUT2D eigenvalue weighted by molar-refractivity contribution is 0.0640. The molecule has 8 heteroatoms. The highest BCUT2D eigenvalue weighted by Gasteiger charge is 2.40. The number of hydrogen-bond acceptors (Lipinski definition) is 6. The number of amides is 2. The van der Waals surface area contributed by atoms with Crippen molar-refractivity contribution < 1.29 is 19.8 Å². The van der Waals surface area contributed by atoms with E-state index in [1.807, 2.05) is 0 Å². The van der Waals surface area contributed by atoms with Crippen molar-refractivity contribution >= 4 is 28.8 Å². The molecule has 172 valence electrons. The van der Waals surface area contributed by atoms with Crippen molar-refractivity contribution in [2.24, 2.45) is 0 Å². The molecular weight excluding hydrogens is 432 g/mol. The Morgan fingerprint density at radius 2 is 1.35 bits per heavy atom. The highest BCUT2D eigenvalue weighted by atomic mass is 16.3. The maximum absolute atomic E-state index is 13.0. The fourth-order valence-corrected chi connectivity index (χ4v) is 3.61. The van der Waals surface area contributed by atoms with E-state index >= 15 is 0 Å². The highest BCUT2D eigenvalue weighted by Crippen LogP contribution is 2.28. The van der Waals surface area contributed by atoms with Gasteiger partial charge in [0.2, 0.25) is 0 Å². The minimum Gasteiger partial charge on any atom is -0.508 e. The Hall–Kier alpha value is -4.56. The van der Waals surface area contributed by atoms with Gasteiger partial charge in [-0.15, -0.1) is 0 Å². The Morgan fingerprint density at radius 1 is 0.824 bits per heavy atom. The molecule has 0 radical (unpaired) electrons. The predicted octanol–water partition coefficient (Wildman–Crippen LogP) is 2.43. The van der Waals surface area contributed by atoms with Crippen molar-refractivity contribution in [1.82, 2.24) is 10.6 Å². The number of phenols is 1. The molecule has 3 aromatic carbocycles. The van der Waals surface area contributed by atoms with Gasteiger partial charge in [-0.1, -0.05) is 18.2 Å². The second kappa shape index (κ2) is 9.13. The number of nitrogens with two attached hydrogens (primary N) is 2. The predicted molar refractivity (Wildman–Crippen MR) is 131 cm³/mol. The largest absolute Gasteiger partial charge is 0.508 e. The van der Waals surface area contributed by atoms with Crippen LogP contribution < -0.4 is 22.1 Å². The smallest absolute Gasteiger partial charge is 0.253 e. The zero-order valence-electron chi connectivity index (χ0n) is 18.1. The summed E-state index contributed by atoms with van der Waals surface area (Å²) in [4.78, 5) is 26.0. The quantitative estimate of drug-likeness (QED) is 0.256. The average molecular weight is 457 g/mol. The van der Waals surface area contributed by atoms with Gasteiger partial charge in [0.25, 0.3) is 11.8 Å². The van der Waals surface area contributed by atoms with Crippen LogP contribution in [-0.4, -0.2) is 33.8 Å². The van der Waals surface area contributed by atoms with Gasteiger partial charge in [0.15, 0.2) is 5.66 Å². The van der Waals surface area contributed by atoms with E-state index in [0.717, 1.165) is 0 Å². The third-order valence-electron chi connectivity index (χ3n) is 5.50. The molecule has 34 heavy (non-hydrogen) atoms. The van der Waals surface area contributed by atoms with E-state index in [2.05, 4.69) is 10.6 Å². The van der Waals surface area contributed by atoms with E-state index in [1.165, 1.54) is 18.2 Å². The van der Waals surface area contributed by atoms with Crippen molar-refractivity contribution in [2.45, 2.75) is 11.8 Å². The third-order valence-corrected chi connectivity index (χ3v) is 5.50. The molecule has 0 heterocycles. The van der Waals surface area contributed by atoms with Crippen LogP contribution in [0.2, 0.25) is 0 Å². The SMILES string of the molecule is Nc1ccc(C(=O)NC2(NC(=O)c3ccc(N)cc3)C=CC(c3cccc(O)c3)=CC2O)cc1. The second-order valence-electron chi connectivity index (χ2n) is 7.97. The lowest BCUT2D eigenvalue weighted by Gasteiger charge is -2.38. The number of phenolic OH excluding ortho intramolecular Hbond substituents is 1. The number of rotatable bonds is 5. The first-order chi connectivity index (χ1) is 16.3. The van der Waals surface area contributed by atoms with Gasteiger partial charge in [-0.05, 0) is 84.0 Å². The molecule has 4 rings (SSSR count). The summed E-state index contributed by atoms with van der Waals surface area (Å²) in [6, 6.07) is 19.1. The van der Waals surface area contributed by atoms with Gasteiger partial charge in [-0.25, -0.2) is 0 Å². The lowest BCUT2D eigenvalue weighted by Crippen LogP contribution is -2.66. The number of anilines is 2. The Kier molecular flexibility index (Phi) is 6.07. The van der Waals surface area contributed by atoms with Gasteiger partial charge in [-0.2, -0.15) is 0 Å². The fraction of sp³-hybridized carbons (Fsp3) is 0.0769. The van der Waals surface area contributed by atoms with Crippen LogP contribution in [-0.2, 0) is 0 Å². The Balaban J connectivity index is 1.67. The minimum absolute atomic E-state index is 0.0754. The van der Waals surface area contributed by atoms with Crippen LogP contribution in [0.4, 0.5) is 11.4 Å². The molecule has 0 fully saturated rings. The summed E-state index contributed by atoms with van der Waals surface area (Å²) in [7, 11) is 0. The summed E-state index contributed by atoms with van der Waals surface area (Å²) >= 11 is 0. The first-order valence-corrected chi connectivity index (χ1v) is 10.5. The topological polar surface area (TPSA) is 151 Å². The highest BCUT2D eigenvalue weighted by molar-refractivity contribution is 5.98. The number of aliphatic hydroxyl groups excluding tert-OH is 1. The number of carbonyl (C=O) groups is 2. The number of benzene rings is 3. The van der Waals surface area contributed by atoms with Crippen LogP contribution in [0.1, 0.15) is 26.3 Å². The summed E-state index contributed by atoms with van der Waals surface area (Å²) in [5, 5.41) is 26.4. The fourth-order valence-electron chi connectivity index (χ4n) is 3.61. The molecule has 0 aromatic heterocycles. The van der Waals surface area contributed by atoms with E-state index in [0.29, 0.717) is 33.6 Å². The number of carbonyl (C=O) groups excluding carboxylic acids is 2. The number of nitrogen functional groups attached to an aromatic ring is 2. The molecule has 1 aliphatic rings. The monoisotopic (exact) mass is 456 g/mol. The number of aliphatic hydroxyl groups is 1. The molecule has 2 amide bonds. The van der Waals surface area contributed by atoms with Crippen LogP contribution in [0.5, 0.6) is 5.75 Å². The maximum atomic E-state index is 13.0. The van der Waals surface area contributed by atoms with Crippen LogP contribution in [0.3, 0.4) is 0 Å². The molecule has 1 atom stereocenters. The summed E-state index contributed by atoms with van der Waals surface area (Å²) in [6.07, 6.45) is 3.35. The van der Waals surface area contributed by atoms with Crippen molar-refractivity contribution in [2.75, 3.05) is 11.5 Å². The summed E-state index contributed by atoms with van der Waals surface area (Å²) in [6.45, 7) is 0. The van der Waals surface area contributed by atoms with Crippen LogP contribution in [0.15, 0.2) is 91.0 Å². The molecule has 0 saturated heterocycles. The molecule has 8 N–H and O–H groups in total. The zero-order chi connectivity index (χ0) is 24.3. The van der Waals surface area contributed by atoms with E-state index in [4.69, 9.17) is 11.5 Å². The van der Waals surface area contributed by atoms with Crippen LogP contribution in [0.25, 0.3) is 5.57 Å². The molecule has 0 bridgehead atoms. The minimum atomic E-state index is -1.64. The zero-order valence-corrected chi connectivity index (χ0v) is 18.1. The maximum Gasteiger partial charge on any atom is 0.253 e. The number of allylic oxidation sites excluding steroid dienone is 2. The average Bonchev–Trinajstić information content (AvgIpc) is 2.81.